The Labute approximate surface area is 136 Å². The first-order chi connectivity index (χ1) is 11.0. The summed E-state index contributed by atoms with van der Waals surface area (Å²) in [4.78, 5) is 0. The van der Waals surface area contributed by atoms with E-state index >= 15 is 0 Å². The van der Waals surface area contributed by atoms with Gasteiger partial charge in [-0.15, -0.1) is 0 Å². The lowest BCUT2D eigenvalue weighted by Crippen LogP contribution is -2.33. The maximum Gasteiger partial charge on any atom is 0.218 e. The average molecular weight is 336 g/mol. The Kier molecular flexibility index (Phi) is 6.27. The highest BCUT2D eigenvalue weighted by atomic mass is 32.2. The minimum absolute atomic E-state index is 0.179. The van der Waals surface area contributed by atoms with Crippen molar-refractivity contribution in [2.75, 3.05) is 13.1 Å². The van der Waals surface area contributed by atoms with E-state index in [1.807, 2.05) is 30.3 Å². The van der Waals surface area contributed by atoms with Crippen LogP contribution < -0.4 is 5.73 Å². The fourth-order valence-electron chi connectivity index (χ4n) is 2.27. The molecular formula is C17H21FN2O2S. The highest BCUT2D eigenvalue weighted by Crippen LogP contribution is 2.17. The maximum absolute atomic E-state index is 13.8. The molecule has 6 heteroatoms. The van der Waals surface area contributed by atoms with Crippen molar-refractivity contribution in [2.45, 2.75) is 18.7 Å². The number of hydrogen-bond acceptors (Lipinski definition) is 3. The van der Waals surface area contributed by atoms with Gasteiger partial charge in [0.05, 0.1) is 5.75 Å². The summed E-state index contributed by atoms with van der Waals surface area (Å²) >= 11 is 0. The highest BCUT2D eigenvalue weighted by molar-refractivity contribution is 7.88. The first-order valence-electron chi connectivity index (χ1n) is 7.48. The minimum atomic E-state index is -3.63. The zero-order valence-electron chi connectivity index (χ0n) is 12.9. The van der Waals surface area contributed by atoms with Crippen LogP contribution in [0.4, 0.5) is 4.39 Å². The normalized spacial score (nSPS) is 11.8. The van der Waals surface area contributed by atoms with Crippen molar-refractivity contribution in [2.24, 2.45) is 5.73 Å². The van der Waals surface area contributed by atoms with Crippen LogP contribution in [-0.2, 0) is 22.3 Å². The van der Waals surface area contributed by atoms with Crippen LogP contribution in [-0.4, -0.2) is 25.8 Å². The van der Waals surface area contributed by atoms with E-state index in [4.69, 9.17) is 5.73 Å². The Morgan fingerprint density at radius 3 is 2.30 bits per heavy atom. The van der Waals surface area contributed by atoms with Crippen LogP contribution in [0.3, 0.4) is 0 Å². The lowest BCUT2D eigenvalue weighted by molar-refractivity contribution is 0.400. The summed E-state index contributed by atoms with van der Waals surface area (Å²) in [7, 11) is -3.63. The Balaban J connectivity index is 2.20. The molecule has 0 heterocycles. The molecule has 0 saturated carbocycles. The van der Waals surface area contributed by atoms with Gasteiger partial charge in [0.2, 0.25) is 10.0 Å². The molecule has 2 aromatic carbocycles. The third-order valence-electron chi connectivity index (χ3n) is 3.50. The Bertz CT molecular complexity index is 720. The first kappa shape index (κ1) is 17.6. The number of hydrogen-bond donors (Lipinski definition) is 1. The van der Waals surface area contributed by atoms with Gasteiger partial charge in [0.25, 0.3) is 0 Å². The fourth-order valence-corrected chi connectivity index (χ4v) is 3.84. The van der Waals surface area contributed by atoms with Gasteiger partial charge in [0.15, 0.2) is 0 Å². The van der Waals surface area contributed by atoms with Crippen LogP contribution in [0.5, 0.6) is 0 Å². The van der Waals surface area contributed by atoms with Crippen LogP contribution >= 0.6 is 0 Å². The lowest BCUT2D eigenvalue weighted by atomic mass is 10.2. The molecule has 0 unspecified atom stereocenters. The van der Waals surface area contributed by atoms with E-state index in [2.05, 4.69) is 0 Å². The third-order valence-corrected chi connectivity index (χ3v) is 5.28. The SMILES string of the molecule is NCCCN(Cc1ccccc1)S(=O)(=O)Cc1ccccc1F. The molecule has 0 fully saturated rings. The quantitative estimate of drug-likeness (QED) is 0.805. The molecule has 0 bridgehead atoms. The van der Waals surface area contributed by atoms with Crippen LogP contribution in [0.1, 0.15) is 17.5 Å². The zero-order chi connectivity index (χ0) is 16.7. The minimum Gasteiger partial charge on any atom is -0.330 e. The summed E-state index contributed by atoms with van der Waals surface area (Å²) in [5, 5.41) is 0. The molecule has 0 aromatic heterocycles. The monoisotopic (exact) mass is 336 g/mol. The molecule has 4 nitrogen and oxygen atoms in total. The molecule has 0 amide bonds. The maximum atomic E-state index is 13.8. The molecule has 2 rings (SSSR count). The van der Waals surface area contributed by atoms with Crippen molar-refractivity contribution in [3.63, 3.8) is 0 Å². The van der Waals surface area contributed by atoms with Crippen molar-refractivity contribution in [3.8, 4) is 0 Å². The molecule has 0 aliphatic rings. The van der Waals surface area contributed by atoms with E-state index < -0.39 is 15.8 Å². The van der Waals surface area contributed by atoms with Gasteiger partial charge in [-0.1, -0.05) is 48.5 Å². The molecule has 0 spiro atoms. The predicted octanol–water partition coefficient (Wildman–Crippen LogP) is 2.51. The second kappa shape index (κ2) is 8.19. The summed E-state index contributed by atoms with van der Waals surface area (Å²) < 4.78 is 40.5. The third kappa shape index (κ3) is 5.13. The Morgan fingerprint density at radius 2 is 1.65 bits per heavy atom. The predicted molar refractivity (Wildman–Crippen MR) is 89.5 cm³/mol. The molecule has 2 aromatic rings. The van der Waals surface area contributed by atoms with E-state index in [9.17, 15) is 12.8 Å². The fraction of sp³-hybridized carbons (Fsp3) is 0.294. The summed E-state index contributed by atoms with van der Waals surface area (Å²) in [5.41, 5.74) is 6.58. The van der Waals surface area contributed by atoms with Gasteiger partial charge in [0.1, 0.15) is 5.82 Å². The summed E-state index contributed by atoms with van der Waals surface area (Å²) in [6.07, 6.45) is 0.559. The number of nitrogens with zero attached hydrogens (tertiary/aromatic N) is 1. The van der Waals surface area contributed by atoms with E-state index in [-0.39, 0.29) is 17.9 Å². The Hall–Kier alpha value is -1.76. The van der Waals surface area contributed by atoms with Crippen molar-refractivity contribution in [1.82, 2.24) is 4.31 Å². The summed E-state index contributed by atoms with van der Waals surface area (Å²) in [6, 6.07) is 15.3. The lowest BCUT2D eigenvalue weighted by Gasteiger charge is -2.22. The van der Waals surface area contributed by atoms with Gasteiger partial charge in [-0.25, -0.2) is 12.8 Å². The van der Waals surface area contributed by atoms with Crippen LogP contribution in [0.25, 0.3) is 0 Å². The highest BCUT2D eigenvalue weighted by Gasteiger charge is 2.23. The number of nitrogens with two attached hydrogens (primary N) is 1. The largest absolute Gasteiger partial charge is 0.330 e. The van der Waals surface area contributed by atoms with Gasteiger partial charge < -0.3 is 5.73 Å². The van der Waals surface area contributed by atoms with Gasteiger partial charge in [-0.05, 0) is 24.6 Å². The number of benzene rings is 2. The van der Waals surface area contributed by atoms with Gasteiger partial charge in [0, 0.05) is 18.7 Å². The van der Waals surface area contributed by atoms with Crippen molar-refractivity contribution < 1.29 is 12.8 Å². The average Bonchev–Trinajstić information content (AvgIpc) is 2.54. The standard InChI is InChI=1S/C17H21FN2O2S/c18-17-10-5-4-9-16(17)14-23(21,22)20(12-6-11-19)13-15-7-2-1-3-8-15/h1-5,7-10H,6,11-14,19H2. The van der Waals surface area contributed by atoms with E-state index in [1.54, 1.807) is 12.1 Å². The molecule has 0 atom stereocenters. The van der Waals surface area contributed by atoms with Crippen molar-refractivity contribution in [1.29, 1.82) is 0 Å². The molecule has 2 N–H and O–H groups in total. The van der Waals surface area contributed by atoms with E-state index in [0.717, 1.165) is 5.56 Å². The van der Waals surface area contributed by atoms with E-state index in [1.165, 1.54) is 16.4 Å². The summed E-state index contributed by atoms with van der Waals surface area (Å²) in [6.45, 7) is 0.986. The second-order valence-electron chi connectivity index (χ2n) is 5.31. The first-order valence-corrected chi connectivity index (χ1v) is 9.09. The van der Waals surface area contributed by atoms with Gasteiger partial charge in [-0.3, -0.25) is 0 Å². The molecule has 0 aliphatic carbocycles. The van der Waals surface area contributed by atoms with E-state index in [0.29, 0.717) is 19.5 Å². The van der Waals surface area contributed by atoms with Gasteiger partial charge in [-0.2, -0.15) is 4.31 Å². The van der Waals surface area contributed by atoms with Gasteiger partial charge >= 0.3 is 0 Å². The van der Waals surface area contributed by atoms with Crippen molar-refractivity contribution in [3.05, 3.63) is 71.5 Å². The molecule has 0 radical (unpaired) electrons. The number of halogens is 1. The van der Waals surface area contributed by atoms with Crippen LogP contribution in [0.2, 0.25) is 0 Å². The molecule has 0 aliphatic heterocycles. The molecular weight excluding hydrogens is 315 g/mol. The molecule has 124 valence electrons. The topological polar surface area (TPSA) is 63.4 Å². The number of rotatable bonds is 8. The molecule has 23 heavy (non-hydrogen) atoms. The Morgan fingerprint density at radius 1 is 1.00 bits per heavy atom. The number of sulfonamides is 1. The summed E-state index contributed by atoms with van der Waals surface area (Å²) in [5.74, 6) is -0.855. The second-order valence-corrected chi connectivity index (χ2v) is 7.28. The van der Waals surface area contributed by atoms with Crippen LogP contribution in [0, 0.1) is 5.82 Å². The molecule has 0 saturated heterocycles. The zero-order valence-corrected chi connectivity index (χ0v) is 13.7. The van der Waals surface area contributed by atoms with Crippen LogP contribution in [0.15, 0.2) is 54.6 Å². The van der Waals surface area contributed by atoms with Crippen molar-refractivity contribution >= 4 is 10.0 Å². The smallest absolute Gasteiger partial charge is 0.218 e.